The smallest absolute Gasteiger partial charge is 0.255 e. The van der Waals surface area contributed by atoms with Gasteiger partial charge in [0.2, 0.25) is 0 Å². The monoisotopic (exact) mass is 268 g/mol. The van der Waals surface area contributed by atoms with Crippen LogP contribution in [0.15, 0.2) is 48.5 Å². The Hall–Kier alpha value is -2.62. The fourth-order valence-corrected chi connectivity index (χ4v) is 1.79. The van der Waals surface area contributed by atoms with E-state index in [-0.39, 0.29) is 11.8 Å². The number of amides is 2. The Balaban J connectivity index is 2.17. The van der Waals surface area contributed by atoms with Gasteiger partial charge in [-0.1, -0.05) is 23.8 Å². The zero-order chi connectivity index (χ0) is 14.5. The van der Waals surface area contributed by atoms with Crippen LogP contribution in [0, 0.1) is 6.92 Å². The molecule has 0 aliphatic heterocycles. The molecule has 20 heavy (non-hydrogen) atoms. The van der Waals surface area contributed by atoms with Crippen molar-refractivity contribution < 1.29 is 9.59 Å². The first-order valence-corrected chi connectivity index (χ1v) is 6.30. The lowest BCUT2D eigenvalue weighted by Crippen LogP contribution is -2.19. The van der Waals surface area contributed by atoms with Crippen molar-refractivity contribution in [3.05, 3.63) is 65.2 Å². The average Bonchev–Trinajstić information content (AvgIpc) is 2.49. The molecule has 4 nitrogen and oxygen atoms in total. The van der Waals surface area contributed by atoms with Crippen molar-refractivity contribution in [3.63, 3.8) is 0 Å². The summed E-state index contributed by atoms with van der Waals surface area (Å²) >= 11 is 0. The van der Waals surface area contributed by atoms with Crippen molar-refractivity contribution in [1.82, 2.24) is 5.32 Å². The minimum atomic E-state index is -0.236. The van der Waals surface area contributed by atoms with Crippen LogP contribution in [0.4, 0.5) is 5.69 Å². The van der Waals surface area contributed by atoms with Crippen molar-refractivity contribution in [2.45, 2.75) is 6.92 Å². The quantitative estimate of drug-likeness (QED) is 0.899. The van der Waals surface area contributed by atoms with Crippen LogP contribution in [0.25, 0.3) is 0 Å². The van der Waals surface area contributed by atoms with Gasteiger partial charge in [-0.05, 0) is 37.3 Å². The lowest BCUT2D eigenvalue weighted by Gasteiger charge is -2.07. The number of anilines is 1. The SMILES string of the molecule is CNC(=O)c1cccc(C(=O)Nc2ccc(C)cc2)c1. The molecule has 0 atom stereocenters. The molecule has 0 aromatic heterocycles. The first-order chi connectivity index (χ1) is 9.60. The molecule has 2 rings (SSSR count). The highest BCUT2D eigenvalue weighted by atomic mass is 16.2. The van der Waals surface area contributed by atoms with Gasteiger partial charge < -0.3 is 10.6 Å². The van der Waals surface area contributed by atoms with Gasteiger partial charge in [-0.25, -0.2) is 0 Å². The molecular formula is C16H16N2O2. The van der Waals surface area contributed by atoms with Crippen molar-refractivity contribution in [2.75, 3.05) is 12.4 Å². The number of rotatable bonds is 3. The lowest BCUT2D eigenvalue weighted by molar-refractivity contribution is 0.0963. The van der Waals surface area contributed by atoms with Gasteiger partial charge in [0.05, 0.1) is 0 Å². The molecule has 0 heterocycles. The molecule has 0 fully saturated rings. The van der Waals surface area contributed by atoms with Crippen LogP contribution in [0.5, 0.6) is 0 Å². The largest absolute Gasteiger partial charge is 0.355 e. The van der Waals surface area contributed by atoms with Crippen LogP contribution in [-0.4, -0.2) is 18.9 Å². The van der Waals surface area contributed by atoms with Crippen molar-refractivity contribution in [2.24, 2.45) is 0 Å². The molecule has 0 aliphatic rings. The van der Waals surface area contributed by atoms with E-state index >= 15 is 0 Å². The third-order valence-electron chi connectivity index (χ3n) is 2.92. The van der Waals surface area contributed by atoms with Crippen molar-refractivity contribution in [3.8, 4) is 0 Å². The van der Waals surface area contributed by atoms with Crippen molar-refractivity contribution in [1.29, 1.82) is 0 Å². The Kier molecular flexibility index (Phi) is 4.15. The van der Waals surface area contributed by atoms with Gasteiger partial charge in [0.1, 0.15) is 0 Å². The van der Waals surface area contributed by atoms with Gasteiger partial charge in [-0.3, -0.25) is 9.59 Å². The van der Waals surface area contributed by atoms with Gasteiger partial charge in [0, 0.05) is 23.9 Å². The predicted molar refractivity (Wildman–Crippen MR) is 79.0 cm³/mol. The topological polar surface area (TPSA) is 58.2 Å². The second-order valence-corrected chi connectivity index (χ2v) is 4.48. The van der Waals surface area contributed by atoms with Crippen LogP contribution in [0.3, 0.4) is 0 Å². The fraction of sp³-hybridized carbons (Fsp3) is 0.125. The highest BCUT2D eigenvalue weighted by molar-refractivity contribution is 6.06. The van der Waals surface area contributed by atoms with Crippen LogP contribution >= 0.6 is 0 Å². The van der Waals surface area contributed by atoms with E-state index in [1.807, 2.05) is 31.2 Å². The molecule has 2 N–H and O–H groups in total. The Morgan fingerprint density at radius 1 is 0.900 bits per heavy atom. The number of carbonyl (C=O) groups excluding carboxylic acids is 2. The number of hydrogen-bond acceptors (Lipinski definition) is 2. The molecule has 2 aromatic carbocycles. The van der Waals surface area contributed by atoms with E-state index in [0.29, 0.717) is 11.1 Å². The van der Waals surface area contributed by atoms with Crippen LogP contribution in [0.2, 0.25) is 0 Å². The van der Waals surface area contributed by atoms with Crippen LogP contribution in [-0.2, 0) is 0 Å². The maximum absolute atomic E-state index is 12.1. The summed E-state index contributed by atoms with van der Waals surface area (Å²) in [6, 6.07) is 14.1. The third-order valence-corrected chi connectivity index (χ3v) is 2.92. The standard InChI is InChI=1S/C16H16N2O2/c1-11-6-8-14(9-7-11)18-16(20)13-5-3-4-12(10-13)15(19)17-2/h3-10H,1-2H3,(H,17,19)(H,18,20). The summed E-state index contributed by atoms with van der Waals surface area (Å²) in [7, 11) is 1.56. The highest BCUT2D eigenvalue weighted by Gasteiger charge is 2.09. The summed E-state index contributed by atoms with van der Waals surface area (Å²) in [5, 5.41) is 5.33. The molecule has 0 spiro atoms. The first kappa shape index (κ1) is 13.8. The number of carbonyl (C=O) groups is 2. The summed E-state index contributed by atoms with van der Waals surface area (Å²) in [5.74, 6) is -0.449. The minimum absolute atomic E-state index is 0.213. The van der Waals surface area contributed by atoms with Gasteiger partial charge in [-0.2, -0.15) is 0 Å². The molecule has 0 aliphatic carbocycles. The summed E-state index contributed by atoms with van der Waals surface area (Å²) < 4.78 is 0. The maximum Gasteiger partial charge on any atom is 0.255 e. The average molecular weight is 268 g/mol. The molecule has 0 radical (unpaired) electrons. The first-order valence-electron chi connectivity index (χ1n) is 6.30. The normalized spacial score (nSPS) is 9.90. The Morgan fingerprint density at radius 3 is 2.10 bits per heavy atom. The minimum Gasteiger partial charge on any atom is -0.355 e. The molecule has 2 aromatic rings. The van der Waals surface area contributed by atoms with E-state index < -0.39 is 0 Å². The third kappa shape index (κ3) is 3.23. The Morgan fingerprint density at radius 2 is 1.50 bits per heavy atom. The van der Waals surface area contributed by atoms with E-state index in [1.54, 1.807) is 31.3 Å². The van der Waals surface area contributed by atoms with Crippen molar-refractivity contribution >= 4 is 17.5 Å². The second kappa shape index (κ2) is 6.02. The molecule has 2 amide bonds. The predicted octanol–water partition coefficient (Wildman–Crippen LogP) is 2.61. The van der Waals surface area contributed by atoms with Crippen LogP contribution < -0.4 is 10.6 Å². The summed E-state index contributed by atoms with van der Waals surface area (Å²) in [6.45, 7) is 1.98. The second-order valence-electron chi connectivity index (χ2n) is 4.48. The van der Waals surface area contributed by atoms with Gasteiger partial charge in [0.15, 0.2) is 0 Å². The zero-order valence-corrected chi connectivity index (χ0v) is 11.4. The van der Waals surface area contributed by atoms with E-state index in [0.717, 1.165) is 11.3 Å². The van der Waals surface area contributed by atoms with E-state index in [9.17, 15) is 9.59 Å². The van der Waals surface area contributed by atoms with E-state index in [2.05, 4.69) is 10.6 Å². The van der Waals surface area contributed by atoms with Gasteiger partial charge >= 0.3 is 0 Å². The molecule has 4 heteroatoms. The molecule has 0 saturated heterocycles. The maximum atomic E-state index is 12.1. The zero-order valence-electron chi connectivity index (χ0n) is 11.4. The molecule has 0 saturated carbocycles. The fourth-order valence-electron chi connectivity index (χ4n) is 1.79. The number of benzene rings is 2. The molecule has 0 unspecified atom stereocenters. The van der Waals surface area contributed by atoms with E-state index in [4.69, 9.17) is 0 Å². The number of nitrogens with one attached hydrogen (secondary N) is 2. The molecular weight excluding hydrogens is 252 g/mol. The Labute approximate surface area is 117 Å². The number of aryl methyl sites for hydroxylation is 1. The van der Waals surface area contributed by atoms with Gasteiger partial charge in [-0.15, -0.1) is 0 Å². The number of hydrogen-bond donors (Lipinski definition) is 2. The summed E-state index contributed by atoms with van der Waals surface area (Å²) in [4.78, 5) is 23.7. The molecule has 0 bridgehead atoms. The lowest BCUT2D eigenvalue weighted by atomic mass is 10.1. The Bertz CT molecular complexity index is 633. The summed E-state index contributed by atoms with van der Waals surface area (Å²) in [6.07, 6.45) is 0. The molecule has 102 valence electrons. The highest BCUT2D eigenvalue weighted by Crippen LogP contribution is 2.12. The van der Waals surface area contributed by atoms with E-state index in [1.165, 1.54) is 0 Å². The van der Waals surface area contributed by atoms with Gasteiger partial charge in [0.25, 0.3) is 11.8 Å². The van der Waals surface area contributed by atoms with Crippen LogP contribution in [0.1, 0.15) is 26.3 Å². The summed E-state index contributed by atoms with van der Waals surface area (Å²) in [5.41, 5.74) is 2.77.